The van der Waals surface area contributed by atoms with Gasteiger partial charge >= 0.3 is 0 Å². The first-order chi connectivity index (χ1) is 7.61. The molecule has 0 saturated carbocycles. The lowest BCUT2D eigenvalue weighted by Gasteiger charge is -2.21. The van der Waals surface area contributed by atoms with Crippen molar-refractivity contribution in [3.8, 4) is 0 Å². The molecule has 0 radical (unpaired) electrons. The molecule has 1 aromatic rings. The maximum Gasteiger partial charge on any atom is 0.0810 e. The van der Waals surface area contributed by atoms with Crippen molar-refractivity contribution < 1.29 is 5.11 Å². The smallest absolute Gasteiger partial charge is 0.0810 e. The third-order valence-electron chi connectivity index (χ3n) is 3.13. The maximum atomic E-state index is 9.91. The molecule has 1 saturated heterocycles. The summed E-state index contributed by atoms with van der Waals surface area (Å²) in [6.45, 7) is 4.48. The summed E-state index contributed by atoms with van der Waals surface area (Å²) in [5.41, 5.74) is 1.97. The van der Waals surface area contributed by atoms with Gasteiger partial charge in [0.05, 0.1) is 5.60 Å². The van der Waals surface area contributed by atoms with Crippen molar-refractivity contribution >= 4 is 5.69 Å². The molecule has 1 aliphatic rings. The standard InChI is InChI=1S/C13H20N2O/c1-13(16)7-8-15(10-13)12-5-3-11(4-6-12)9-14-2/h3-6,14,16H,7-10H2,1-2H3. The van der Waals surface area contributed by atoms with Crippen LogP contribution in [0.25, 0.3) is 0 Å². The van der Waals surface area contributed by atoms with Gasteiger partial charge in [-0.1, -0.05) is 12.1 Å². The molecule has 0 spiro atoms. The molecule has 3 nitrogen and oxygen atoms in total. The lowest BCUT2D eigenvalue weighted by Crippen LogP contribution is -2.29. The van der Waals surface area contributed by atoms with Gasteiger partial charge in [0, 0.05) is 25.3 Å². The predicted octanol–water partition coefficient (Wildman–Crippen LogP) is 1.37. The fraction of sp³-hybridized carbons (Fsp3) is 0.538. The normalized spacial score (nSPS) is 25.1. The summed E-state index contributed by atoms with van der Waals surface area (Å²) in [5.74, 6) is 0. The van der Waals surface area contributed by atoms with Crippen LogP contribution in [-0.2, 0) is 6.54 Å². The Labute approximate surface area is 97.1 Å². The zero-order valence-corrected chi connectivity index (χ0v) is 10.0. The molecule has 1 aromatic carbocycles. The minimum atomic E-state index is -0.524. The van der Waals surface area contributed by atoms with Gasteiger partial charge < -0.3 is 15.3 Å². The maximum absolute atomic E-state index is 9.91. The largest absolute Gasteiger partial charge is 0.388 e. The first kappa shape index (κ1) is 11.4. The van der Waals surface area contributed by atoms with E-state index in [1.807, 2.05) is 14.0 Å². The summed E-state index contributed by atoms with van der Waals surface area (Å²) in [6, 6.07) is 8.54. The van der Waals surface area contributed by atoms with Gasteiger partial charge in [-0.25, -0.2) is 0 Å². The Morgan fingerprint density at radius 1 is 1.38 bits per heavy atom. The average molecular weight is 220 g/mol. The Morgan fingerprint density at radius 2 is 2.06 bits per heavy atom. The monoisotopic (exact) mass is 220 g/mol. The van der Waals surface area contributed by atoms with E-state index in [9.17, 15) is 5.11 Å². The molecule has 0 bridgehead atoms. The van der Waals surface area contributed by atoms with E-state index in [1.54, 1.807) is 0 Å². The van der Waals surface area contributed by atoms with E-state index in [-0.39, 0.29) is 0 Å². The van der Waals surface area contributed by atoms with Gasteiger partial charge in [0.15, 0.2) is 0 Å². The lowest BCUT2D eigenvalue weighted by atomic mass is 10.1. The van der Waals surface area contributed by atoms with Crippen molar-refractivity contribution in [3.63, 3.8) is 0 Å². The number of anilines is 1. The summed E-state index contributed by atoms with van der Waals surface area (Å²) in [4.78, 5) is 2.24. The molecule has 3 heteroatoms. The van der Waals surface area contributed by atoms with E-state index in [0.29, 0.717) is 0 Å². The molecule has 2 rings (SSSR count). The predicted molar refractivity (Wildman–Crippen MR) is 66.7 cm³/mol. The Morgan fingerprint density at radius 3 is 2.56 bits per heavy atom. The molecule has 0 aromatic heterocycles. The molecule has 1 fully saturated rings. The molecule has 2 N–H and O–H groups in total. The van der Waals surface area contributed by atoms with Crippen LogP contribution in [0.1, 0.15) is 18.9 Å². The number of hydrogen-bond donors (Lipinski definition) is 2. The van der Waals surface area contributed by atoms with Crippen molar-refractivity contribution in [1.82, 2.24) is 5.32 Å². The van der Waals surface area contributed by atoms with Crippen LogP contribution in [0.2, 0.25) is 0 Å². The van der Waals surface area contributed by atoms with E-state index in [1.165, 1.54) is 11.3 Å². The highest BCUT2D eigenvalue weighted by molar-refractivity contribution is 5.49. The van der Waals surface area contributed by atoms with E-state index in [4.69, 9.17) is 0 Å². The van der Waals surface area contributed by atoms with Crippen molar-refractivity contribution in [2.45, 2.75) is 25.5 Å². The van der Waals surface area contributed by atoms with E-state index >= 15 is 0 Å². The third-order valence-corrected chi connectivity index (χ3v) is 3.13. The van der Waals surface area contributed by atoms with Crippen LogP contribution in [0.5, 0.6) is 0 Å². The summed E-state index contributed by atoms with van der Waals surface area (Å²) in [5, 5.41) is 13.0. The number of nitrogens with zero attached hydrogens (tertiary/aromatic N) is 1. The zero-order valence-electron chi connectivity index (χ0n) is 10.0. The molecule has 1 unspecified atom stereocenters. The van der Waals surface area contributed by atoms with Crippen molar-refractivity contribution in [1.29, 1.82) is 0 Å². The van der Waals surface area contributed by atoms with E-state index in [0.717, 1.165) is 26.1 Å². The Hall–Kier alpha value is -1.06. The SMILES string of the molecule is CNCc1ccc(N2CCC(C)(O)C2)cc1. The Balaban J connectivity index is 2.05. The van der Waals surface area contributed by atoms with Gasteiger partial charge in [-0.2, -0.15) is 0 Å². The highest BCUT2D eigenvalue weighted by Crippen LogP contribution is 2.26. The summed E-state index contributed by atoms with van der Waals surface area (Å²) >= 11 is 0. The van der Waals surface area contributed by atoms with Crippen LogP contribution >= 0.6 is 0 Å². The van der Waals surface area contributed by atoms with E-state index < -0.39 is 5.60 Å². The fourth-order valence-electron chi connectivity index (χ4n) is 2.19. The second kappa shape index (κ2) is 4.44. The number of aliphatic hydroxyl groups is 1. The third kappa shape index (κ3) is 2.54. The van der Waals surface area contributed by atoms with Gasteiger partial charge in [-0.3, -0.25) is 0 Å². The van der Waals surface area contributed by atoms with Crippen LogP contribution in [-0.4, -0.2) is 30.8 Å². The Bertz CT molecular complexity index is 345. The van der Waals surface area contributed by atoms with Gasteiger partial charge in [0.1, 0.15) is 0 Å². The quantitative estimate of drug-likeness (QED) is 0.807. The van der Waals surface area contributed by atoms with Crippen molar-refractivity contribution in [2.75, 3.05) is 25.0 Å². The molecule has 1 aliphatic heterocycles. The van der Waals surface area contributed by atoms with Crippen LogP contribution in [0.3, 0.4) is 0 Å². The summed E-state index contributed by atoms with van der Waals surface area (Å²) in [6.07, 6.45) is 0.852. The lowest BCUT2D eigenvalue weighted by molar-refractivity contribution is 0.0839. The van der Waals surface area contributed by atoms with Crippen LogP contribution in [0.4, 0.5) is 5.69 Å². The molecule has 1 heterocycles. The first-order valence-electron chi connectivity index (χ1n) is 5.82. The van der Waals surface area contributed by atoms with Crippen LogP contribution in [0, 0.1) is 0 Å². The van der Waals surface area contributed by atoms with Gasteiger partial charge in [-0.05, 0) is 38.1 Å². The molecular weight excluding hydrogens is 200 g/mol. The first-order valence-corrected chi connectivity index (χ1v) is 5.82. The molecule has 0 amide bonds. The Kier molecular flexibility index (Phi) is 3.17. The minimum absolute atomic E-state index is 0.524. The second-order valence-electron chi connectivity index (χ2n) is 4.87. The van der Waals surface area contributed by atoms with Crippen molar-refractivity contribution in [3.05, 3.63) is 29.8 Å². The summed E-state index contributed by atoms with van der Waals surface area (Å²) < 4.78 is 0. The van der Waals surface area contributed by atoms with E-state index in [2.05, 4.69) is 34.5 Å². The van der Waals surface area contributed by atoms with Crippen molar-refractivity contribution in [2.24, 2.45) is 0 Å². The number of rotatable bonds is 3. The minimum Gasteiger partial charge on any atom is -0.388 e. The average Bonchev–Trinajstić information content (AvgIpc) is 2.61. The van der Waals surface area contributed by atoms with Gasteiger partial charge in [0.2, 0.25) is 0 Å². The van der Waals surface area contributed by atoms with Crippen LogP contribution < -0.4 is 10.2 Å². The van der Waals surface area contributed by atoms with Gasteiger partial charge in [-0.15, -0.1) is 0 Å². The zero-order chi connectivity index (χ0) is 11.6. The van der Waals surface area contributed by atoms with Gasteiger partial charge in [0.25, 0.3) is 0 Å². The number of β-amino-alcohol motifs (C(OH)–C–C–N with tert-alkyl or cyclic N) is 1. The molecule has 0 aliphatic carbocycles. The molecule has 1 atom stereocenters. The number of hydrogen-bond acceptors (Lipinski definition) is 3. The highest BCUT2D eigenvalue weighted by atomic mass is 16.3. The molecule has 88 valence electrons. The topological polar surface area (TPSA) is 35.5 Å². The van der Waals surface area contributed by atoms with Crippen LogP contribution in [0.15, 0.2) is 24.3 Å². The highest BCUT2D eigenvalue weighted by Gasteiger charge is 2.31. The fourth-order valence-corrected chi connectivity index (χ4v) is 2.19. The number of benzene rings is 1. The number of nitrogens with one attached hydrogen (secondary N) is 1. The molecule has 16 heavy (non-hydrogen) atoms. The molecular formula is C13H20N2O. The second-order valence-corrected chi connectivity index (χ2v) is 4.87. The summed E-state index contributed by atoms with van der Waals surface area (Å²) in [7, 11) is 1.95.